The Labute approximate surface area is 41.0 Å². The standard InChI is InChI=1S/C3H6N2O2/c1-2-3-4-5(6)7/h2,4H,1,3H2. The molecule has 7 heavy (non-hydrogen) atoms. The highest BCUT2D eigenvalue weighted by Crippen LogP contribution is 1.57. The SMILES string of the molecule is C=CCN[N+](=O)[O-]. The van der Waals surface area contributed by atoms with Crippen LogP contribution in [0.25, 0.3) is 0 Å². The van der Waals surface area contributed by atoms with Gasteiger partial charge < -0.3 is 0 Å². The molecule has 0 atom stereocenters. The van der Waals surface area contributed by atoms with Gasteiger partial charge in [-0.2, -0.15) is 0 Å². The summed E-state index contributed by atoms with van der Waals surface area (Å²) in [6.45, 7) is 3.48. The normalized spacial score (nSPS) is 7.43. The van der Waals surface area contributed by atoms with Gasteiger partial charge in [0.2, 0.25) is 0 Å². The Hall–Kier alpha value is -1.06. The molecule has 0 fully saturated rings. The van der Waals surface area contributed by atoms with E-state index < -0.39 is 5.03 Å². The Balaban J connectivity index is 2.97. The van der Waals surface area contributed by atoms with Crippen LogP contribution in [0.3, 0.4) is 0 Å². The Morgan fingerprint density at radius 2 is 2.57 bits per heavy atom. The summed E-state index contributed by atoms with van der Waals surface area (Å²) in [6.07, 6.45) is 1.42. The van der Waals surface area contributed by atoms with Crippen molar-refractivity contribution in [3.63, 3.8) is 0 Å². The van der Waals surface area contributed by atoms with Gasteiger partial charge in [0, 0.05) is 0 Å². The van der Waals surface area contributed by atoms with E-state index >= 15 is 0 Å². The van der Waals surface area contributed by atoms with E-state index in [0.29, 0.717) is 0 Å². The van der Waals surface area contributed by atoms with E-state index in [1.54, 1.807) is 0 Å². The van der Waals surface area contributed by atoms with Crippen molar-refractivity contribution in [3.8, 4) is 0 Å². The van der Waals surface area contributed by atoms with Crippen LogP contribution in [0.1, 0.15) is 0 Å². The van der Waals surface area contributed by atoms with Gasteiger partial charge in [0.25, 0.3) is 0 Å². The van der Waals surface area contributed by atoms with Gasteiger partial charge in [-0.3, -0.25) is 0 Å². The zero-order valence-corrected chi connectivity index (χ0v) is 3.76. The highest BCUT2D eigenvalue weighted by atomic mass is 16.7. The molecular weight excluding hydrogens is 96.0 g/mol. The first-order valence-electron chi connectivity index (χ1n) is 1.76. The molecule has 4 heteroatoms. The predicted molar refractivity (Wildman–Crippen MR) is 25.2 cm³/mol. The molecule has 0 saturated carbocycles. The zero-order chi connectivity index (χ0) is 5.70. The molecule has 4 nitrogen and oxygen atoms in total. The number of nitrogens with zero attached hydrogens (tertiary/aromatic N) is 1. The van der Waals surface area contributed by atoms with Crippen molar-refractivity contribution in [2.75, 3.05) is 6.54 Å². The van der Waals surface area contributed by atoms with E-state index in [4.69, 9.17) is 0 Å². The molecule has 0 aromatic heterocycles. The van der Waals surface area contributed by atoms with Gasteiger partial charge in [-0.25, -0.2) is 10.1 Å². The summed E-state index contributed by atoms with van der Waals surface area (Å²) in [5.41, 5.74) is 1.90. The third-order valence-corrected chi connectivity index (χ3v) is 0.365. The maximum absolute atomic E-state index is 9.40. The molecule has 0 heterocycles. The Kier molecular flexibility index (Phi) is 2.67. The number of nitrogens with one attached hydrogen (secondary N) is 1. The summed E-state index contributed by atoms with van der Waals surface area (Å²) in [5, 5.41) is 8.80. The van der Waals surface area contributed by atoms with Crippen LogP contribution in [-0.4, -0.2) is 11.6 Å². The third-order valence-electron chi connectivity index (χ3n) is 0.365. The van der Waals surface area contributed by atoms with Crippen LogP contribution in [-0.2, 0) is 0 Å². The number of rotatable bonds is 3. The minimum Gasteiger partial charge on any atom is -0.235 e. The van der Waals surface area contributed by atoms with Gasteiger partial charge in [-0.1, -0.05) is 6.08 Å². The number of hydrogen-bond donors (Lipinski definition) is 1. The molecule has 0 aliphatic carbocycles. The van der Waals surface area contributed by atoms with Gasteiger partial charge >= 0.3 is 0 Å². The largest absolute Gasteiger partial charge is 0.235 e. The fraction of sp³-hybridized carbons (Fsp3) is 0.333. The summed E-state index contributed by atoms with van der Waals surface area (Å²) >= 11 is 0. The van der Waals surface area contributed by atoms with E-state index in [1.807, 2.05) is 5.43 Å². The minimum absolute atomic E-state index is 0.215. The average molecular weight is 102 g/mol. The van der Waals surface area contributed by atoms with Crippen LogP contribution in [0.15, 0.2) is 12.7 Å². The number of nitro groups is 1. The fourth-order valence-electron chi connectivity index (χ4n) is 0.139. The van der Waals surface area contributed by atoms with E-state index in [9.17, 15) is 10.1 Å². The molecule has 1 N–H and O–H groups in total. The van der Waals surface area contributed by atoms with Gasteiger partial charge in [-0.05, 0) is 0 Å². The predicted octanol–water partition coefficient (Wildman–Crippen LogP) is -0.0463. The lowest BCUT2D eigenvalue weighted by molar-refractivity contribution is -0.542. The third kappa shape index (κ3) is 4.94. The van der Waals surface area contributed by atoms with Gasteiger partial charge in [0.05, 0.1) is 6.54 Å². The second-order valence-electron chi connectivity index (χ2n) is 0.908. The first kappa shape index (κ1) is 5.94. The number of hydrazine groups is 1. The second-order valence-corrected chi connectivity index (χ2v) is 0.908. The highest BCUT2D eigenvalue weighted by molar-refractivity contribution is 4.65. The van der Waals surface area contributed by atoms with Crippen LogP contribution >= 0.6 is 0 Å². The Bertz CT molecular complexity index is 81.0. The first-order chi connectivity index (χ1) is 3.27. The van der Waals surface area contributed by atoms with Crippen molar-refractivity contribution in [3.05, 3.63) is 22.8 Å². The summed E-state index contributed by atoms with van der Waals surface area (Å²) in [5.74, 6) is 0. The average Bonchev–Trinajstić information content (AvgIpc) is 1.61. The second kappa shape index (κ2) is 3.14. The van der Waals surface area contributed by atoms with Crippen molar-refractivity contribution >= 4 is 0 Å². The molecule has 0 aliphatic rings. The fourth-order valence-corrected chi connectivity index (χ4v) is 0.139. The van der Waals surface area contributed by atoms with Crippen LogP contribution in [0, 0.1) is 10.1 Å². The molecule has 0 bridgehead atoms. The van der Waals surface area contributed by atoms with E-state index in [0.717, 1.165) is 0 Å². The minimum atomic E-state index is -0.609. The Morgan fingerprint density at radius 1 is 2.00 bits per heavy atom. The van der Waals surface area contributed by atoms with Crippen LogP contribution in [0.5, 0.6) is 0 Å². The van der Waals surface area contributed by atoms with E-state index in [1.165, 1.54) is 6.08 Å². The van der Waals surface area contributed by atoms with Crippen molar-refractivity contribution in [1.82, 2.24) is 5.43 Å². The van der Waals surface area contributed by atoms with E-state index in [2.05, 4.69) is 6.58 Å². The summed E-state index contributed by atoms with van der Waals surface area (Å²) in [4.78, 5) is 9.40. The smallest absolute Gasteiger partial charge is 0.157 e. The van der Waals surface area contributed by atoms with Crippen molar-refractivity contribution in [2.24, 2.45) is 0 Å². The lowest BCUT2D eigenvalue weighted by atomic mass is 10.7. The first-order valence-corrected chi connectivity index (χ1v) is 1.76. The molecule has 0 amide bonds. The molecule has 0 rings (SSSR count). The molecule has 40 valence electrons. The topological polar surface area (TPSA) is 55.2 Å². The van der Waals surface area contributed by atoms with Gasteiger partial charge in [-0.15, -0.1) is 12.0 Å². The highest BCUT2D eigenvalue weighted by Gasteiger charge is 1.83. The summed E-state index contributed by atoms with van der Waals surface area (Å²) in [7, 11) is 0. The molecule has 0 saturated heterocycles. The van der Waals surface area contributed by atoms with E-state index in [-0.39, 0.29) is 6.54 Å². The monoisotopic (exact) mass is 102 g/mol. The molecular formula is C3H6N2O2. The van der Waals surface area contributed by atoms with Crippen molar-refractivity contribution in [1.29, 1.82) is 0 Å². The van der Waals surface area contributed by atoms with Crippen molar-refractivity contribution < 1.29 is 5.03 Å². The maximum atomic E-state index is 9.40. The lowest BCUT2D eigenvalue weighted by Gasteiger charge is -1.85. The van der Waals surface area contributed by atoms with Crippen LogP contribution in [0.4, 0.5) is 0 Å². The maximum Gasteiger partial charge on any atom is 0.157 e. The van der Waals surface area contributed by atoms with Crippen molar-refractivity contribution in [2.45, 2.75) is 0 Å². The molecule has 0 aromatic carbocycles. The van der Waals surface area contributed by atoms with Gasteiger partial charge in [0.1, 0.15) is 0 Å². The molecule has 0 aromatic rings. The molecule has 0 radical (unpaired) electrons. The summed E-state index contributed by atoms with van der Waals surface area (Å²) < 4.78 is 0. The Morgan fingerprint density at radius 3 is 2.71 bits per heavy atom. The zero-order valence-electron chi connectivity index (χ0n) is 3.76. The molecule has 0 aliphatic heterocycles. The van der Waals surface area contributed by atoms with Gasteiger partial charge in [0.15, 0.2) is 5.03 Å². The lowest BCUT2D eigenvalue weighted by Crippen LogP contribution is -2.20. The quantitative estimate of drug-likeness (QED) is 0.309. The summed E-state index contributed by atoms with van der Waals surface area (Å²) in [6, 6.07) is 0. The number of hydrogen-bond acceptors (Lipinski definition) is 2. The van der Waals surface area contributed by atoms with Crippen LogP contribution in [0.2, 0.25) is 0 Å². The molecule has 0 unspecified atom stereocenters. The van der Waals surface area contributed by atoms with Crippen LogP contribution < -0.4 is 5.43 Å². The molecule has 0 spiro atoms.